The van der Waals surface area contributed by atoms with Gasteiger partial charge in [0.15, 0.2) is 0 Å². The average molecular weight is 324 g/mol. The Morgan fingerprint density at radius 1 is 1.04 bits per heavy atom. The lowest BCUT2D eigenvalue weighted by Gasteiger charge is -2.20. The number of nitrogens with zero attached hydrogens (tertiary/aromatic N) is 3. The Bertz CT molecular complexity index is 912. The monoisotopic (exact) mass is 324 g/mol. The first-order valence-corrected chi connectivity index (χ1v) is 7.80. The summed E-state index contributed by atoms with van der Waals surface area (Å²) in [5.41, 5.74) is 5.31. The second-order valence-corrected chi connectivity index (χ2v) is 5.66. The molecule has 3 rings (SSSR count). The molecular weight excluding hydrogens is 304 g/mol. The molecule has 24 heavy (non-hydrogen) atoms. The fraction of sp³-hybridized carbons (Fsp3) is 0.222. The predicted molar refractivity (Wildman–Crippen MR) is 94.8 cm³/mol. The van der Waals surface area contributed by atoms with Crippen molar-refractivity contribution < 1.29 is 4.79 Å². The van der Waals surface area contributed by atoms with Gasteiger partial charge in [-0.2, -0.15) is 0 Å². The van der Waals surface area contributed by atoms with Crippen LogP contribution >= 0.6 is 0 Å². The van der Waals surface area contributed by atoms with Crippen LogP contribution in [0.1, 0.15) is 6.42 Å². The Morgan fingerprint density at radius 2 is 1.67 bits per heavy atom. The van der Waals surface area contributed by atoms with Crippen LogP contribution in [-0.2, 0) is 18.4 Å². The Morgan fingerprint density at radius 3 is 2.38 bits per heavy atom. The van der Waals surface area contributed by atoms with Crippen molar-refractivity contribution in [2.24, 2.45) is 7.05 Å². The number of para-hydroxylation sites is 3. The second kappa shape index (κ2) is 6.62. The standard InChI is InChI=1S/C18H20N4O2/c1-20-15-10-6-7-11-16(15)22(18(20)24)13-12-17(23)19-21(2)14-8-4-3-5-9-14/h3-11H,12-13H2,1-2H3,(H,19,23). The summed E-state index contributed by atoms with van der Waals surface area (Å²) in [7, 11) is 3.53. The topological polar surface area (TPSA) is 59.3 Å². The Hall–Kier alpha value is -3.02. The fourth-order valence-electron chi connectivity index (χ4n) is 2.75. The zero-order chi connectivity index (χ0) is 17.1. The van der Waals surface area contributed by atoms with Crippen LogP contribution in [0.2, 0.25) is 0 Å². The van der Waals surface area contributed by atoms with Gasteiger partial charge in [-0.25, -0.2) is 4.79 Å². The van der Waals surface area contributed by atoms with Gasteiger partial charge in [-0.15, -0.1) is 0 Å². The van der Waals surface area contributed by atoms with Gasteiger partial charge in [-0.3, -0.25) is 24.4 Å². The number of imidazole rings is 1. The molecule has 1 aromatic heterocycles. The molecule has 1 heterocycles. The maximum Gasteiger partial charge on any atom is 0.328 e. The molecule has 0 saturated carbocycles. The third kappa shape index (κ3) is 3.03. The van der Waals surface area contributed by atoms with E-state index in [0.29, 0.717) is 6.54 Å². The van der Waals surface area contributed by atoms with E-state index >= 15 is 0 Å². The number of aromatic nitrogens is 2. The molecule has 0 atom stereocenters. The van der Waals surface area contributed by atoms with Crippen LogP contribution in [0.25, 0.3) is 11.0 Å². The number of rotatable bonds is 5. The minimum Gasteiger partial charge on any atom is -0.295 e. The predicted octanol–water partition coefficient (Wildman–Crippen LogP) is 1.90. The number of amides is 1. The van der Waals surface area contributed by atoms with Crippen LogP contribution in [-0.4, -0.2) is 22.1 Å². The zero-order valence-corrected chi connectivity index (χ0v) is 13.8. The van der Waals surface area contributed by atoms with Gasteiger partial charge in [0.25, 0.3) is 0 Å². The highest BCUT2D eigenvalue weighted by atomic mass is 16.2. The molecular formula is C18H20N4O2. The number of fused-ring (bicyclic) bond motifs is 1. The maximum absolute atomic E-state index is 12.3. The molecule has 1 amide bonds. The van der Waals surface area contributed by atoms with Gasteiger partial charge in [0.2, 0.25) is 5.91 Å². The van der Waals surface area contributed by atoms with E-state index in [-0.39, 0.29) is 18.0 Å². The van der Waals surface area contributed by atoms with Crippen molar-refractivity contribution in [1.29, 1.82) is 0 Å². The van der Waals surface area contributed by atoms with Gasteiger partial charge >= 0.3 is 5.69 Å². The van der Waals surface area contributed by atoms with Crippen molar-refractivity contribution in [2.45, 2.75) is 13.0 Å². The molecule has 1 N–H and O–H groups in total. The number of aryl methyl sites for hydroxylation is 2. The van der Waals surface area contributed by atoms with Crippen LogP contribution in [0.3, 0.4) is 0 Å². The van der Waals surface area contributed by atoms with Crippen molar-refractivity contribution >= 4 is 22.6 Å². The fourth-order valence-corrected chi connectivity index (χ4v) is 2.75. The summed E-state index contributed by atoms with van der Waals surface area (Å²) < 4.78 is 3.24. The third-order valence-electron chi connectivity index (χ3n) is 4.05. The number of anilines is 1. The van der Waals surface area contributed by atoms with Crippen LogP contribution in [0, 0.1) is 0 Å². The third-order valence-corrected chi connectivity index (χ3v) is 4.05. The highest BCUT2D eigenvalue weighted by Crippen LogP contribution is 2.12. The van der Waals surface area contributed by atoms with Gasteiger partial charge in [-0.05, 0) is 24.3 Å². The number of hydrogen-bond donors (Lipinski definition) is 1. The van der Waals surface area contributed by atoms with E-state index in [0.717, 1.165) is 16.7 Å². The van der Waals surface area contributed by atoms with E-state index in [1.54, 1.807) is 28.2 Å². The molecule has 0 bridgehead atoms. The zero-order valence-electron chi connectivity index (χ0n) is 13.8. The smallest absolute Gasteiger partial charge is 0.295 e. The highest BCUT2D eigenvalue weighted by Gasteiger charge is 2.12. The molecule has 0 fully saturated rings. The summed E-state index contributed by atoms with van der Waals surface area (Å²) in [6, 6.07) is 17.1. The largest absolute Gasteiger partial charge is 0.328 e. The SMILES string of the molecule is CN(NC(=O)CCn1c(=O)n(C)c2ccccc21)c1ccccc1. The number of benzene rings is 2. The van der Waals surface area contributed by atoms with Crippen LogP contribution in [0.4, 0.5) is 5.69 Å². The Kier molecular flexibility index (Phi) is 4.37. The van der Waals surface area contributed by atoms with Gasteiger partial charge in [0, 0.05) is 27.1 Å². The maximum atomic E-state index is 12.3. The van der Waals surface area contributed by atoms with E-state index in [1.807, 2.05) is 54.6 Å². The van der Waals surface area contributed by atoms with Gasteiger partial charge < -0.3 is 0 Å². The summed E-state index contributed by atoms with van der Waals surface area (Å²) in [6.45, 7) is 0.342. The molecule has 3 aromatic rings. The van der Waals surface area contributed by atoms with E-state index in [1.165, 1.54) is 0 Å². The lowest BCUT2D eigenvalue weighted by molar-refractivity contribution is -0.121. The summed E-state index contributed by atoms with van der Waals surface area (Å²) in [5.74, 6) is -0.138. The van der Waals surface area contributed by atoms with Crippen LogP contribution in [0.5, 0.6) is 0 Å². The number of nitrogens with one attached hydrogen (secondary N) is 1. The highest BCUT2D eigenvalue weighted by molar-refractivity contribution is 5.79. The molecule has 0 aliphatic rings. The summed E-state index contributed by atoms with van der Waals surface area (Å²) >= 11 is 0. The summed E-state index contributed by atoms with van der Waals surface area (Å²) in [4.78, 5) is 24.5. The second-order valence-electron chi connectivity index (χ2n) is 5.66. The molecule has 0 aliphatic carbocycles. The first-order chi connectivity index (χ1) is 11.6. The van der Waals surface area contributed by atoms with E-state index in [9.17, 15) is 9.59 Å². The quantitative estimate of drug-likeness (QED) is 0.729. The normalized spacial score (nSPS) is 10.8. The minimum atomic E-state index is -0.138. The molecule has 0 aliphatic heterocycles. The van der Waals surface area contributed by atoms with Crippen LogP contribution < -0.4 is 16.1 Å². The molecule has 124 valence electrons. The first kappa shape index (κ1) is 15.9. The molecule has 6 heteroatoms. The van der Waals surface area contributed by atoms with Crippen molar-refractivity contribution in [3.63, 3.8) is 0 Å². The number of carbonyl (C=O) groups excluding carboxylic acids is 1. The van der Waals surface area contributed by atoms with Gasteiger partial charge in [0.1, 0.15) is 0 Å². The van der Waals surface area contributed by atoms with Gasteiger partial charge in [-0.1, -0.05) is 30.3 Å². The van der Waals surface area contributed by atoms with Crippen molar-refractivity contribution in [3.05, 3.63) is 65.1 Å². The molecule has 2 aromatic carbocycles. The number of hydrazine groups is 1. The van der Waals surface area contributed by atoms with E-state index in [2.05, 4.69) is 5.43 Å². The van der Waals surface area contributed by atoms with Crippen molar-refractivity contribution in [1.82, 2.24) is 14.6 Å². The molecule has 6 nitrogen and oxygen atoms in total. The number of hydrogen-bond acceptors (Lipinski definition) is 3. The Balaban J connectivity index is 1.69. The van der Waals surface area contributed by atoms with Crippen molar-refractivity contribution in [3.8, 4) is 0 Å². The van der Waals surface area contributed by atoms with Crippen molar-refractivity contribution in [2.75, 3.05) is 12.1 Å². The molecule has 0 saturated heterocycles. The van der Waals surface area contributed by atoms with Crippen LogP contribution in [0.15, 0.2) is 59.4 Å². The number of carbonyl (C=O) groups is 1. The lowest BCUT2D eigenvalue weighted by Crippen LogP contribution is -2.40. The first-order valence-electron chi connectivity index (χ1n) is 7.80. The van der Waals surface area contributed by atoms with E-state index in [4.69, 9.17) is 0 Å². The lowest BCUT2D eigenvalue weighted by atomic mass is 10.3. The molecule has 0 radical (unpaired) electrons. The minimum absolute atomic E-state index is 0.111. The summed E-state index contributed by atoms with van der Waals surface area (Å²) in [6.07, 6.45) is 0.227. The Labute approximate surface area is 139 Å². The summed E-state index contributed by atoms with van der Waals surface area (Å²) in [5, 5.41) is 1.67. The van der Waals surface area contributed by atoms with E-state index < -0.39 is 0 Å². The molecule has 0 spiro atoms. The average Bonchev–Trinajstić information content (AvgIpc) is 2.85. The van der Waals surface area contributed by atoms with Gasteiger partial charge in [0.05, 0.1) is 16.7 Å². The molecule has 0 unspecified atom stereocenters.